The van der Waals surface area contributed by atoms with Crippen LogP contribution in [0.25, 0.3) is 0 Å². The zero-order valence-corrected chi connectivity index (χ0v) is 12.9. The van der Waals surface area contributed by atoms with Crippen molar-refractivity contribution in [2.75, 3.05) is 26.7 Å². The van der Waals surface area contributed by atoms with Gasteiger partial charge in [-0.1, -0.05) is 19.4 Å². The molecule has 0 aliphatic rings. The summed E-state index contributed by atoms with van der Waals surface area (Å²) in [6.45, 7) is 8.06. The van der Waals surface area contributed by atoms with Crippen LogP contribution in [0.2, 0.25) is 0 Å². The standard InChI is InChI=1S/C15H28N2S/c1-4-10-16-11-6-5-7-12-17(3)14(2)15-9-8-13-18-15/h8-9,13-14,16H,4-7,10-12H2,1-3H3. The topological polar surface area (TPSA) is 15.3 Å². The number of nitrogens with one attached hydrogen (secondary N) is 1. The zero-order valence-electron chi connectivity index (χ0n) is 12.1. The molecule has 0 aliphatic heterocycles. The second-order valence-electron chi connectivity index (χ2n) is 4.98. The summed E-state index contributed by atoms with van der Waals surface area (Å²) < 4.78 is 0. The zero-order chi connectivity index (χ0) is 13.2. The van der Waals surface area contributed by atoms with E-state index in [1.54, 1.807) is 0 Å². The molecule has 0 spiro atoms. The molecule has 1 heterocycles. The van der Waals surface area contributed by atoms with Crippen LogP contribution >= 0.6 is 11.3 Å². The van der Waals surface area contributed by atoms with Gasteiger partial charge in [0.15, 0.2) is 0 Å². The Morgan fingerprint density at radius 2 is 2.11 bits per heavy atom. The summed E-state index contributed by atoms with van der Waals surface area (Å²) in [4.78, 5) is 3.94. The van der Waals surface area contributed by atoms with Crippen LogP contribution in [-0.2, 0) is 0 Å². The lowest BCUT2D eigenvalue weighted by molar-refractivity contribution is 0.258. The van der Waals surface area contributed by atoms with Crippen molar-refractivity contribution < 1.29 is 0 Å². The maximum absolute atomic E-state index is 3.46. The van der Waals surface area contributed by atoms with E-state index in [4.69, 9.17) is 0 Å². The lowest BCUT2D eigenvalue weighted by Gasteiger charge is -2.23. The van der Waals surface area contributed by atoms with Crippen molar-refractivity contribution in [3.05, 3.63) is 22.4 Å². The molecule has 0 fully saturated rings. The minimum absolute atomic E-state index is 0.559. The molecule has 18 heavy (non-hydrogen) atoms. The molecular formula is C15H28N2S. The fourth-order valence-corrected chi connectivity index (χ4v) is 2.88. The van der Waals surface area contributed by atoms with Gasteiger partial charge in [0, 0.05) is 10.9 Å². The lowest BCUT2D eigenvalue weighted by Crippen LogP contribution is -2.23. The van der Waals surface area contributed by atoms with Gasteiger partial charge in [0.1, 0.15) is 0 Å². The molecule has 0 amide bonds. The van der Waals surface area contributed by atoms with Crippen LogP contribution in [-0.4, -0.2) is 31.6 Å². The Morgan fingerprint density at radius 1 is 1.28 bits per heavy atom. The van der Waals surface area contributed by atoms with Crippen LogP contribution in [0.4, 0.5) is 0 Å². The average Bonchev–Trinajstić information content (AvgIpc) is 2.90. The minimum Gasteiger partial charge on any atom is -0.317 e. The molecule has 0 aromatic carbocycles. The van der Waals surface area contributed by atoms with E-state index in [1.165, 1.54) is 43.6 Å². The molecule has 1 N–H and O–H groups in total. The fourth-order valence-electron chi connectivity index (χ4n) is 2.03. The molecule has 0 saturated carbocycles. The molecule has 3 heteroatoms. The quantitative estimate of drug-likeness (QED) is 0.647. The van der Waals surface area contributed by atoms with Gasteiger partial charge in [-0.2, -0.15) is 0 Å². The molecule has 1 aromatic rings. The van der Waals surface area contributed by atoms with Crippen LogP contribution < -0.4 is 5.32 Å². The summed E-state index contributed by atoms with van der Waals surface area (Å²) in [6.07, 6.45) is 5.18. The molecule has 1 unspecified atom stereocenters. The second kappa shape index (κ2) is 9.54. The molecule has 1 aromatic heterocycles. The molecule has 0 radical (unpaired) electrons. The summed E-state index contributed by atoms with van der Waals surface area (Å²) in [7, 11) is 2.24. The second-order valence-corrected chi connectivity index (χ2v) is 5.96. The Balaban J connectivity index is 2.05. The Morgan fingerprint density at radius 3 is 2.78 bits per heavy atom. The molecule has 0 aliphatic carbocycles. The van der Waals surface area contributed by atoms with Gasteiger partial charge in [-0.05, 0) is 64.3 Å². The van der Waals surface area contributed by atoms with Crippen LogP contribution in [0.15, 0.2) is 17.5 Å². The number of rotatable bonds is 10. The SMILES string of the molecule is CCCNCCCCCN(C)C(C)c1cccs1. The van der Waals surface area contributed by atoms with E-state index in [9.17, 15) is 0 Å². The highest BCUT2D eigenvalue weighted by atomic mass is 32.1. The van der Waals surface area contributed by atoms with Crippen molar-refractivity contribution in [2.24, 2.45) is 0 Å². The van der Waals surface area contributed by atoms with Crippen molar-refractivity contribution in [3.8, 4) is 0 Å². The molecule has 2 nitrogen and oxygen atoms in total. The van der Waals surface area contributed by atoms with Crippen LogP contribution in [0.5, 0.6) is 0 Å². The minimum atomic E-state index is 0.559. The van der Waals surface area contributed by atoms with E-state index >= 15 is 0 Å². The first kappa shape index (κ1) is 15.7. The van der Waals surface area contributed by atoms with Crippen LogP contribution in [0.1, 0.15) is 50.4 Å². The number of thiophene rings is 1. The summed E-state index contributed by atoms with van der Waals surface area (Å²) in [5.41, 5.74) is 0. The molecule has 0 bridgehead atoms. The van der Waals surface area contributed by atoms with Gasteiger partial charge in [0.05, 0.1) is 0 Å². The van der Waals surface area contributed by atoms with E-state index < -0.39 is 0 Å². The highest BCUT2D eigenvalue weighted by Gasteiger charge is 2.11. The summed E-state index contributed by atoms with van der Waals surface area (Å²) in [5, 5.41) is 5.62. The third-order valence-electron chi connectivity index (χ3n) is 3.41. The highest BCUT2D eigenvalue weighted by molar-refractivity contribution is 7.10. The van der Waals surface area contributed by atoms with Crippen molar-refractivity contribution in [1.29, 1.82) is 0 Å². The van der Waals surface area contributed by atoms with Crippen LogP contribution in [0, 0.1) is 0 Å². The van der Waals surface area contributed by atoms with E-state index in [0.717, 1.165) is 6.54 Å². The molecule has 0 saturated heterocycles. The average molecular weight is 268 g/mol. The largest absolute Gasteiger partial charge is 0.317 e. The Kier molecular flexibility index (Phi) is 8.31. The van der Waals surface area contributed by atoms with Gasteiger partial charge in [0.2, 0.25) is 0 Å². The first-order valence-electron chi connectivity index (χ1n) is 7.20. The predicted molar refractivity (Wildman–Crippen MR) is 82.4 cm³/mol. The highest BCUT2D eigenvalue weighted by Crippen LogP contribution is 2.23. The van der Waals surface area contributed by atoms with Crippen molar-refractivity contribution >= 4 is 11.3 Å². The van der Waals surface area contributed by atoms with E-state index in [0.29, 0.717) is 6.04 Å². The van der Waals surface area contributed by atoms with Gasteiger partial charge in [-0.3, -0.25) is 4.90 Å². The lowest BCUT2D eigenvalue weighted by atomic mass is 10.2. The number of unbranched alkanes of at least 4 members (excludes halogenated alkanes) is 2. The predicted octanol–water partition coefficient (Wildman–Crippen LogP) is 3.91. The number of hydrogen-bond donors (Lipinski definition) is 1. The van der Waals surface area contributed by atoms with E-state index in [2.05, 4.69) is 48.6 Å². The van der Waals surface area contributed by atoms with Crippen LogP contribution in [0.3, 0.4) is 0 Å². The smallest absolute Gasteiger partial charge is 0.0410 e. The van der Waals surface area contributed by atoms with Gasteiger partial charge >= 0.3 is 0 Å². The Hall–Kier alpha value is -0.380. The fraction of sp³-hybridized carbons (Fsp3) is 0.733. The third-order valence-corrected chi connectivity index (χ3v) is 4.45. The molecule has 104 valence electrons. The maximum Gasteiger partial charge on any atom is 0.0410 e. The first-order valence-corrected chi connectivity index (χ1v) is 8.08. The van der Waals surface area contributed by atoms with E-state index in [1.807, 2.05) is 11.3 Å². The van der Waals surface area contributed by atoms with Crippen molar-refractivity contribution in [3.63, 3.8) is 0 Å². The molecule has 1 rings (SSSR count). The first-order chi connectivity index (χ1) is 8.75. The Labute approximate surface area is 116 Å². The van der Waals surface area contributed by atoms with Crippen molar-refractivity contribution in [2.45, 2.75) is 45.6 Å². The van der Waals surface area contributed by atoms with E-state index in [-0.39, 0.29) is 0 Å². The number of nitrogens with zero attached hydrogens (tertiary/aromatic N) is 1. The van der Waals surface area contributed by atoms with Gasteiger partial charge < -0.3 is 5.32 Å². The summed E-state index contributed by atoms with van der Waals surface area (Å²) in [5.74, 6) is 0. The van der Waals surface area contributed by atoms with Gasteiger partial charge in [0.25, 0.3) is 0 Å². The molecular weight excluding hydrogens is 240 g/mol. The summed E-state index contributed by atoms with van der Waals surface area (Å²) in [6, 6.07) is 4.94. The normalized spacial score (nSPS) is 13.1. The number of hydrogen-bond acceptors (Lipinski definition) is 3. The van der Waals surface area contributed by atoms with Gasteiger partial charge in [-0.15, -0.1) is 11.3 Å². The van der Waals surface area contributed by atoms with Gasteiger partial charge in [-0.25, -0.2) is 0 Å². The molecule has 1 atom stereocenters. The maximum atomic E-state index is 3.46. The third kappa shape index (κ3) is 5.98. The summed E-state index contributed by atoms with van der Waals surface area (Å²) >= 11 is 1.86. The Bertz CT molecular complexity index is 285. The van der Waals surface area contributed by atoms with Crippen molar-refractivity contribution in [1.82, 2.24) is 10.2 Å². The monoisotopic (exact) mass is 268 g/mol.